The van der Waals surface area contributed by atoms with Crippen LogP contribution in [-0.2, 0) is 11.0 Å². The van der Waals surface area contributed by atoms with Crippen molar-refractivity contribution in [1.29, 1.82) is 0 Å². The quantitative estimate of drug-likeness (QED) is 0.552. The van der Waals surface area contributed by atoms with Gasteiger partial charge >= 0.3 is 6.18 Å². The van der Waals surface area contributed by atoms with Crippen molar-refractivity contribution in [3.8, 4) is 17.0 Å². The summed E-state index contributed by atoms with van der Waals surface area (Å²) in [6.07, 6.45) is -1.26. The van der Waals surface area contributed by atoms with Crippen LogP contribution in [-0.4, -0.2) is 56.8 Å². The normalized spacial score (nSPS) is 17.4. The third-order valence-corrected chi connectivity index (χ3v) is 5.34. The fourth-order valence-electron chi connectivity index (χ4n) is 3.92. The first-order valence-corrected chi connectivity index (χ1v) is 10.0. The van der Waals surface area contributed by atoms with Crippen LogP contribution < -0.4 is 11.1 Å². The molecule has 32 heavy (non-hydrogen) atoms. The van der Waals surface area contributed by atoms with Gasteiger partial charge < -0.3 is 16.2 Å². The Hall–Kier alpha value is -3.47. The Kier molecular flexibility index (Phi) is 5.83. The minimum Gasteiger partial charge on any atom is -0.507 e. The molecule has 4 N–H and O–H groups in total. The zero-order chi connectivity index (χ0) is 22.9. The number of fused-ring (bicyclic) bond motifs is 1. The maximum absolute atomic E-state index is 12.9. The SMILES string of the molecule is NC(=O)CN1CCCC(Nc2nnc(-c3ccc(C(F)(F)F)cc3O)c3cccnc23)C1. The smallest absolute Gasteiger partial charge is 0.416 e. The van der Waals surface area contributed by atoms with E-state index in [-0.39, 0.29) is 23.8 Å². The molecule has 4 rings (SSSR count). The molecule has 1 aliphatic rings. The minimum absolute atomic E-state index is 0.00655. The number of aromatic nitrogens is 3. The van der Waals surface area contributed by atoms with Gasteiger partial charge in [-0.25, -0.2) is 0 Å². The summed E-state index contributed by atoms with van der Waals surface area (Å²) in [5, 5.41) is 22.5. The van der Waals surface area contributed by atoms with E-state index >= 15 is 0 Å². The number of benzene rings is 1. The number of halogens is 3. The van der Waals surface area contributed by atoms with E-state index in [1.54, 1.807) is 18.3 Å². The standard InChI is InChI=1S/C21H21F3N6O2/c22-21(23,24)12-5-6-14(16(31)9-12)18-15-4-1-7-26-19(15)20(29-28-18)27-13-3-2-8-30(10-13)11-17(25)32/h1,4-7,9,13,31H,2-3,8,10-11H2,(H2,25,32)(H,27,29). The number of anilines is 1. The summed E-state index contributed by atoms with van der Waals surface area (Å²) in [5.41, 5.74) is 5.17. The highest BCUT2D eigenvalue weighted by atomic mass is 19.4. The number of nitrogens with two attached hydrogens (primary N) is 1. The molecule has 1 saturated heterocycles. The molecule has 0 saturated carbocycles. The zero-order valence-corrected chi connectivity index (χ0v) is 16.9. The topological polar surface area (TPSA) is 117 Å². The van der Waals surface area contributed by atoms with Crippen molar-refractivity contribution in [2.75, 3.05) is 25.0 Å². The number of nitrogens with zero attached hydrogens (tertiary/aromatic N) is 4. The van der Waals surface area contributed by atoms with E-state index in [1.807, 2.05) is 4.90 Å². The number of amides is 1. The largest absolute Gasteiger partial charge is 0.507 e. The molecule has 1 fully saturated rings. The monoisotopic (exact) mass is 446 g/mol. The van der Waals surface area contributed by atoms with Gasteiger partial charge in [-0.3, -0.25) is 14.7 Å². The molecule has 1 amide bonds. The van der Waals surface area contributed by atoms with E-state index < -0.39 is 23.4 Å². The number of rotatable bonds is 5. The fourth-order valence-corrected chi connectivity index (χ4v) is 3.92. The van der Waals surface area contributed by atoms with Crippen LogP contribution in [0.5, 0.6) is 5.75 Å². The molecule has 1 aliphatic heterocycles. The number of nitrogens with one attached hydrogen (secondary N) is 1. The number of carbonyl (C=O) groups is 1. The lowest BCUT2D eigenvalue weighted by Gasteiger charge is -2.32. The van der Waals surface area contributed by atoms with Gasteiger partial charge in [-0.05, 0) is 49.7 Å². The first kappa shape index (κ1) is 21.8. The van der Waals surface area contributed by atoms with E-state index in [2.05, 4.69) is 20.5 Å². The van der Waals surface area contributed by atoms with Crippen molar-refractivity contribution in [2.45, 2.75) is 25.1 Å². The number of phenols is 1. The summed E-state index contributed by atoms with van der Waals surface area (Å²) in [6.45, 7) is 1.55. The average molecular weight is 446 g/mol. The molecule has 0 spiro atoms. The second kappa shape index (κ2) is 8.58. The molecule has 1 aromatic carbocycles. The van der Waals surface area contributed by atoms with Gasteiger partial charge in [0.2, 0.25) is 5.91 Å². The Morgan fingerprint density at radius 3 is 2.81 bits per heavy atom. The van der Waals surface area contributed by atoms with Crippen LogP contribution >= 0.6 is 0 Å². The molecule has 3 aromatic rings. The molecule has 168 valence electrons. The van der Waals surface area contributed by atoms with Crippen LogP contribution in [0.1, 0.15) is 18.4 Å². The number of carbonyl (C=O) groups excluding carboxylic acids is 1. The van der Waals surface area contributed by atoms with Gasteiger partial charge in [-0.15, -0.1) is 10.2 Å². The number of primary amides is 1. The van der Waals surface area contributed by atoms with Crippen molar-refractivity contribution in [3.63, 3.8) is 0 Å². The van der Waals surface area contributed by atoms with Gasteiger partial charge in [-0.2, -0.15) is 13.2 Å². The Morgan fingerprint density at radius 2 is 2.09 bits per heavy atom. The number of alkyl halides is 3. The van der Waals surface area contributed by atoms with Crippen LogP contribution in [0.3, 0.4) is 0 Å². The van der Waals surface area contributed by atoms with Crippen LogP contribution in [0.4, 0.5) is 19.0 Å². The molecule has 1 unspecified atom stereocenters. The van der Waals surface area contributed by atoms with Crippen molar-refractivity contribution < 1.29 is 23.1 Å². The number of pyridine rings is 1. The average Bonchev–Trinajstić information content (AvgIpc) is 2.73. The Morgan fingerprint density at radius 1 is 1.28 bits per heavy atom. The van der Waals surface area contributed by atoms with Crippen molar-refractivity contribution in [1.82, 2.24) is 20.1 Å². The summed E-state index contributed by atoms with van der Waals surface area (Å²) < 4.78 is 38.8. The molecule has 0 radical (unpaired) electrons. The van der Waals surface area contributed by atoms with Crippen molar-refractivity contribution >= 4 is 22.6 Å². The van der Waals surface area contributed by atoms with Gasteiger partial charge in [0.25, 0.3) is 0 Å². The lowest BCUT2D eigenvalue weighted by atomic mass is 10.0. The number of hydrogen-bond donors (Lipinski definition) is 3. The Bertz CT molecular complexity index is 1150. The van der Waals surface area contributed by atoms with Crippen molar-refractivity contribution in [3.05, 3.63) is 42.1 Å². The molecule has 2 aromatic heterocycles. The number of piperidine rings is 1. The molecule has 8 nitrogen and oxygen atoms in total. The van der Waals surface area contributed by atoms with Crippen molar-refractivity contribution in [2.24, 2.45) is 5.73 Å². The predicted octanol–water partition coefficient (Wildman–Crippen LogP) is 2.78. The summed E-state index contributed by atoms with van der Waals surface area (Å²) >= 11 is 0. The Balaban J connectivity index is 1.66. The Labute approximate surface area is 181 Å². The second-order valence-corrected chi connectivity index (χ2v) is 7.71. The van der Waals surface area contributed by atoms with E-state index in [4.69, 9.17) is 5.73 Å². The third-order valence-electron chi connectivity index (χ3n) is 5.34. The highest BCUT2D eigenvalue weighted by molar-refractivity contribution is 5.98. The molecule has 11 heteroatoms. The van der Waals surface area contributed by atoms with Gasteiger partial charge in [0.1, 0.15) is 17.0 Å². The van der Waals surface area contributed by atoms with E-state index in [0.717, 1.165) is 25.5 Å². The molecular formula is C21H21F3N6O2. The number of likely N-dealkylation sites (tertiary alicyclic amines) is 1. The molecule has 0 aliphatic carbocycles. The maximum Gasteiger partial charge on any atom is 0.416 e. The van der Waals surface area contributed by atoms with Gasteiger partial charge in [0.15, 0.2) is 5.82 Å². The number of phenolic OH excluding ortho intramolecular Hbond substituents is 1. The fraction of sp³-hybridized carbons (Fsp3) is 0.333. The first-order chi connectivity index (χ1) is 15.2. The van der Waals surface area contributed by atoms with Gasteiger partial charge in [-0.1, -0.05) is 0 Å². The van der Waals surface area contributed by atoms with Crippen LogP contribution in [0, 0.1) is 0 Å². The van der Waals surface area contributed by atoms with Crippen LogP contribution in [0.25, 0.3) is 22.2 Å². The van der Waals surface area contributed by atoms with Gasteiger partial charge in [0, 0.05) is 29.7 Å². The third kappa shape index (κ3) is 4.57. The summed E-state index contributed by atoms with van der Waals surface area (Å²) in [6, 6.07) is 6.11. The first-order valence-electron chi connectivity index (χ1n) is 10.0. The van der Waals surface area contributed by atoms with Crippen LogP contribution in [0.15, 0.2) is 36.5 Å². The molecule has 1 atom stereocenters. The highest BCUT2D eigenvalue weighted by Crippen LogP contribution is 2.38. The van der Waals surface area contributed by atoms with E-state index in [9.17, 15) is 23.1 Å². The molecular weight excluding hydrogens is 425 g/mol. The number of hydrogen-bond acceptors (Lipinski definition) is 7. The summed E-state index contributed by atoms with van der Waals surface area (Å²) in [4.78, 5) is 17.6. The van der Waals surface area contributed by atoms with Crippen LogP contribution in [0.2, 0.25) is 0 Å². The van der Waals surface area contributed by atoms with E-state index in [1.165, 1.54) is 6.07 Å². The summed E-state index contributed by atoms with van der Waals surface area (Å²) in [5.74, 6) is -0.519. The lowest BCUT2D eigenvalue weighted by Crippen LogP contribution is -2.45. The highest BCUT2D eigenvalue weighted by Gasteiger charge is 2.31. The number of aromatic hydroxyl groups is 1. The minimum atomic E-state index is -4.57. The summed E-state index contributed by atoms with van der Waals surface area (Å²) in [7, 11) is 0. The second-order valence-electron chi connectivity index (χ2n) is 7.71. The lowest BCUT2D eigenvalue weighted by molar-refractivity contribution is -0.137. The predicted molar refractivity (Wildman–Crippen MR) is 112 cm³/mol. The molecule has 0 bridgehead atoms. The van der Waals surface area contributed by atoms with E-state index in [0.29, 0.717) is 29.3 Å². The maximum atomic E-state index is 12.9. The molecule has 3 heterocycles. The zero-order valence-electron chi connectivity index (χ0n) is 16.9. The van der Waals surface area contributed by atoms with Gasteiger partial charge in [0.05, 0.1) is 12.1 Å².